The summed E-state index contributed by atoms with van der Waals surface area (Å²) in [5, 5.41) is 18.0. The van der Waals surface area contributed by atoms with Crippen LogP contribution in [0.3, 0.4) is 0 Å². The molecule has 4 rings (SSSR count). The van der Waals surface area contributed by atoms with Crippen molar-refractivity contribution >= 4 is 17.4 Å². The summed E-state index contributed by atoms with van der Waals surface area (Å²) in [4.78, 5) is 24.7. The van der Waals surface area contributed by atoms with E-state index in [2.05, 4.69) is 10.4 Å². The molecular formula is C23H29FN4O3. The number of halogens is 1. The van der Waals surface area contributed by atoms with Crippen molar-refractivity contribution in [3.05, 3.63) is 40.5 Å². The topological polar surface area (TPSA) is 110 Å². The maximum atomic E-state index is 15.1. The van der Waals surface area contributed by atoms with Crippen LogP contribution in [0.1, 0.15) is 78.1 Å². The van der Waals surface area contributed by atoms with Crippen molar-refractivity contribution in [1.82, 2.24) is 9.78 Å². The first kappa shape index (κ1) is 21.5. The molecule has 2 unspecified atom stereocenters. The van der Waals surface area contributed by atoms with Gasteiger partial charge in [0.25, 0.3) is 5.91 Å². The summed E-state index contributed by atoms with van der Waals surface area (Å²) < 4.78 is 16.7. The third-order valence-corrected chi connectivity index (χ3v) is 6.36. The number of amides is 1. The zero-order valence-electron chi connectivity index (χ0n) is 18.2. The quantitative estimate of drug-likeness (QED) is 0.692. The molecule has 31 heavy (non-hydrogen) atoms. The smallest absolute Gasteiger partial charge is 0.253 e. The zero-order valence-corrected chi connectivity index (χ0v) is 18.2. The Bertz CT molecular complexity index is 1060. The van der Waals surface area contributed by atoms with Crippen LogP contribution < -0.4 is 11.1 Å². The minimum Gasteiger partial charge on any atom is -0.391 e. The fourth-order valence-corrected chi connectivity index (χ4v) is 4.91. The Hall–Kier alpha value is -2.74. The largest absolute Gasteiger partial charge is 0.391 e. The number of fused-ring (bicyclic) bond motifs is 1. The number of aromatic nitrogens is 2. The molecule has 0 bridgehead atoms. The lowest BCUT2D eigenvalue weighted by atomic mass is 9.75. The van der Waals surface area contributed by atoms with E-state index in [4.69, 9.17) is 5.73 Å². The maximum absolute atomic E-state index is 15.1. The first-order valence-electron chi connectivity index (χ1n) is 10.8. The van der Waals surface area contributed by atoms with Crippen molar-refractivity contribution in [3.63, 3.8) is 0 Å². The molecule has 8 heteroatoms. The van der Waals surface area contributed by atoms with E-state index in [0.717, 1.165) is 18.5 Å². The van der Waals surface area contributed by atoms with Crippen LogP contribution >= 0.6 is 0 Å². The molecule has 7 nitrogen and oxygen atoms in total. The Morgan fingerprint density at radius 3 is 2.68 bits per heavy atom. The highest BCUT2D eigenvalue weighted by atomic mass is 19.1. The number of benzene rings is 1. The number of carbonyl (C=O) groups excluding carboxylic acids is 2. The molecule has 4 N–H and O–H groups in total. The standard InChI is InChI=1S/C23H29FN4O3/c1-12-20-17(10-23(2,3)11-19(20)30)28(27-12)13-8-14(24)21(22(25)31)16(9-13)26-15-6-4-5-7-18(15)29/h8-9,15,18,26,29H,4-7,10-11H2,1-3H3,(H2,25,31). The van der Waals surface area contributed by atoms with E-state index < -0.39 is 17.8 Å². The normalized spacial score (nSPS) is 22.8. The molecule has 0 aliphatic heterocycles. The molecule has 2 aliphatic rings. The lowest BCUT2D eigenvalue weighted by molar-refractivity contribution is 0.0909. The lowest BCUT2D eigenvalue weighted by Crippen LogP contribution is -2.37. The third kappa shape index (κ3) is 3.96. The van der Waals surface area contributed by atoms with Crippen molar-refractivity contribution < 1.29 is 19.1 Å². The number of nitrogens with zero attached hydrogens (tertiary/aromatic N) is 2. The van der Waals surface area contributed by atoms with Gasteiger partial charge in [-0.25, -0.2) is 9.07 Å². The maximum Gasteiger partial charge on any atom is 0.253 e. The Balaban J connectivity index is 1.82. The van der Waals surface area contributed by atoms with Gasteiger partial charge in [-0.3, -0.25) is 9.59 Å². The van der Waals surface area contributed by atoms with Crippen LogP contribution in [0, 0.1) is 18.2 Å². The molecule has 1 fully saturated rings. The molecule has 166 valence electrons. The van der Waals surface area contributed by atoms with E-state index in [-0.39, 0.29) is 28.5 Å². The molecule has 0 radical (unpaired) electrons. The number of aliphatic hydroxyl groups excluding tert-OH is 1. The van der Waals surface area contributed by atoms with E-state index >= 15 is 4.39 Å². The summed E-state index contributed by atoms with van der Waals surface area (Å²) in [6, 6.07) is 2.56. The van der Waals surface area contributed by atoms with Crippen molar-refractivity contribution in [2.75, 3.05) is 5.32 Å². The average Bonchev–Trinajstić information content (AvgIpc) is 2.98. The number of aliphatic hydroxyl groups is 1. The second-order valence-corrected chi connectivity index (χ2v) is 9.58. The molecule has 2 aliphatic carbocycles. The van der Waals surface area contributed by atoms with Gasteiger partial charge in [0.1, 0.15) is 5.82 Å². The van der Waals surface area contributed by atoms with Gasteiger partial charge in [0, 0.05) is 12.5 Å². The van der Waals surface area contributed by atoms with Crippen LogP contribution in [0.5, 0.6) is 0 Å². The SMILES string of the molecule is Cc1nn(-c2cc(F)c(C(N)=O)c(NC3CCCCC3O)c2)c2c1C(=O)CC(C)(C)C2. The number of Topliss-reactive ketones (excluding diaryl/α,β-unsaturated/α-hetero) is 1. The molecule has 0 spiro atoms. The molecule has 1 saturated carbocycles. The first-order chi connectivity index (χ1) is 14.6. The van der Waals surface area contributed by atoms with Crippen molar-refractivity contribution in [2.45, 2.75) is 71.4 Å². The van der Waals surface area contributed by atoms with Crippen molar-refractivity contribution in [3.8, 4) is 5.69 Å². The summed E-state index contributed by atoms with van der Waals surface area (Å²) in [7, 11) is 0. The summed E-state index contributed by atoms with van der Waals surface area (Å²) in [5.41, 5.74) is 7.58. The van der Waals surface area contributed by atoms with Gasteiger partial charge in [-0.05, 0) is 37.7 Å². The third-order valence-electron chi connectivity index (χ3n) is 6.36. The lowest BCUT2D eigenvalue weighted by Gasteiger charge is -2.30. The highest BCUT2D eigenvalue weighted by molar-refractivity contribution is 6.00. The molecule has 2 aromatic rings. The van der Waals surface area contributed by atoms with E-state index in [9.17, 15) is 14.7 Å². The number of rotatable bonds is 4. The van der Waals surface area contributed by atoms with Crippen LogP contribution in [0.2, 0.25) is 0 Å². The number of nitrogens with one attached hydrogen (secondary N) is 1. The summed E-state index contributed by atoms with van der Waals surface area (Å²) in [5.74, 6) is -1.61. The number of carbonyl (C=O) groups is 2. The predicted octanol–water partition coefficient (Wildman–Crippen LogP) is 3.29. The van der Waals surface area contributed by atoms with Gasteiger partial charge in [-0.2, -0.15) is 5.10 Å². The van der Waals surface area contributed by atoms with Crippen LogP contribution in [-0.2, 0) is 6.42 Å². The van der Waals surface area contributed by atoms with Crippen LogP contribution in [0.15, 0.2) is 12.1 Å². The summed E-state index contributed by atoms with van der Waals surface area (Å²) >= 11 is 0. The zero-order chi connectivity index (χ0) is 22.5. The number of hydrogen-bond acceptors (Lipinski definition) is 5. The monoisotopic (exact) mass is 428 g/mol. The van der Waals surface area contributed by atoms with Gasteiger partial charge in [0.2, 0.25) is 0 Å². The van der Waals surface area contributed by atoms with Crippen LogP contribution in [0.4, 0.5) is 10.1 Å². The number of nitrogens with two attached hydrogens (primary N) is 1. The summed E-state index contributed by atoms with van der Waals surface area (Å²) in [6.07, 6.45) is 3.70. The van der Waals surface area contributed by atoms with Gasteiger partial charge < -0.3 is 16.2 Å². The highest BCUT2D eigenvalue weighted by Gasteiger charge is 2.36. The molecule has 1 heterocycles. The first-order valence-corrected chi connectivity index (χ1v) is 10.8. The van der Waals surface area contributed by atoms with E-state index in [1.807, 2.05) is 13.8 Å². The van der Waals surface area contributed by atoms with Crippen molar-refractivity contribution in [1.29, 1.82) is 0 Å². The number of hydrogen-bond donors (Lipinski definition) is 3. The van der Waals surface area contributed by atoms with Crippen LogP contribution in [-0.4, -0.2) is 38.7 Å². The number of anilines is 1. The van der Waals surface area contributed by atoms with E-state index in [1.54, 1.807) is 17.7 Å². The Morgan fingerprint density at radius 2 is 2.00 bits per heavy atom. The fraction of sp³-hybridized carbons (Fsp3) is 0.522. The summed E-state index contributed by atoms with van der Waals surface area (Å²) in [6.45, 7) is 5.82. The van der Waals surface area contributed by atoms with E-state index in [1.165, 1.54) is 6.07 Å². The second kappa shape index (κ2) is 7.75. The molecule has 1 aromatic carbocycles. The minimum absolute atomic E-state index is 0.0351. The molecule has 1 aromatic heterocycles. The van der Waals surface area contributed by atoms with Gasteiger partial charge >= 0.3 is 0 Å². The molecule has 1 amide bonds. The van der Waals surface area contributed by atoms with Gasteiger partial charge in [0.15, 0.2) is 5.78 Å². The Labute approximate surface area is 180 Å². The van der Waals surface area contributed by atoms with Gasteiger partial charge in [0.05, 0.1) is 46.0 Å². The number of aryl methyl sites for hydroxylation is 1. The highest BCUT2D eigenvalue weighted by Crippen LogP contribution is 2.38. The average molecular weight is 429 g/mol. The minimum atomic E-state index is -0.883. The molecule has 0 saturated heterocycles. The van der Waals surface area contributed by atoms with E-state index in [0.29, 0.717) is 42.6 Å². The van der Waals surface area contributed by atoms with Crippen LogP contribution in [0.25, 0.3) is 5.69 Å². The molecule has 2 atom stereocenters. The Kier molecular flexibility index (Phi) is 5.37. The molecular weight excluding hydrogens is 399 g/mol. The fourth-order valence-electron chi connectivity index (χ4n) is 4.91. The second-order valence-electron chi connectivity index (χ2n) is 9.58. The Morgan fingerprint density at radius 1 is 1.29 bits per heavy atom. The van der Waals surface area contributed by atoms with Gasteiger partial charge in [-0.1, -0.05) is 26.7 Å². The number of ketones is 1. The predicted molar refractivity (Wildman–Crippen MR) is 115 cm³/mol. The van der Waals surface area contributed by atoms with Crippen molar-refractivity contribution in [2.24, 2.45) is 11.1 Å². The van der Waals surface area contributed by atoms with Gasteiger partial charge in [-0.15, -0.1) is 0 Å². The number of primary amides is 1.